The fourth-order valence-electron chi connectivity index (χ4n) is 1.89. The van der Waals surface area contributed by atoms with E-state index in [0.29, 0.717) is 6.42 Å². The molecule has 0 fully saturated rings. The van der Waals surface area contributed by atoms with Crippen LogP contribution in [-0.4, -0.2) is 24.6 Å². The molecule has 0 aromatic heterocycles. The molecule has 0 bridgehead atoms. The summed E-state index contributed by atoms with van der Waals surface area (Å²) in [6, 6.07) is 6.61. The van der Waals surface area contributed by atoms with Gasteiger partial charge in [0.1, 0.15) is 0 Å². The molecule has 4 heteroatoms. The molecule has 0 amide bonds. The van der Waals surface area contributed by atoms with Crippen LogP contribution in [-0.2, 0) is 19.7 Å². The highest BCUT2D eigenvalue weighted by molar-refractivity contribution is 6.40. The Kier molecular flexibility index (Phi) is 4.97. The van der Waals surface area contributed by atoms with E-state index in [9.17, 15) is 14.4 Å². The van der Waals surface area contributed by atoms with E-state index < -0.39 is 11.8 Å². The summed E-state index contributed by atoms with van der Waals surface area (Å²) in [6.07, 6.45) is 1.64. The molecule has 0 aliphatic carbocycles. The second-order valence-corrected chi connectivity index (χ2v) is 5.13. The second-order valence-electron chi connectivity index (χ2n) is 5.13. The van der Waals surface area contributed by atoms with Crippen molar-refractivity contribution in [1.82, 2.24) is 0 Å². The van der Waals surface area contributed by atoms with Crippen LogP contribution in [0.15, 0.2) is 36.9 Å². The lowest BCUT2D eigenvalue weighted by Gasteiger charge is -2.24. The zero-order valence-electron chi connectivity index (χ0n) is 11.9. The summed E-state index contributed by atoms with van der Waals surface area (Å²) < 4.78 is 4.39. The highest BCUT2D eigenvalue weighted by atomic mass is 16.5. The Bertz CT molecular complexity index is 538. The maximum Gasteiger partial charge on any atom is 0.379 e. The number of methoxy groups -OCH3 is 1. The average molecular weight is 274 g/mol. The Balaban J connectivity index is 2.96. The van der Waals surface area contributed by atoms with Crippen molar-refractivity contribution in [3.63, 3.8) is 0 Å². The first-order valence-corrected chi connectivity index (χ1v) is 6.20. The summed E-state index contributed by atoms with van der Waals surface area (Å²) in [6.45, 7) is 7.33. The van der Waals surface area contributed by atoms with Crippen molar-refractivity contribution < 1.29 is 19.1 Å². The Hall–Kier alpha value is -2.23. The number of allylic oxidation sites excluding steroid dienone is 1. The molecule has 0 atom stereocenters. The Morgan fingerprint density at radius 1 is 1.20 bits per heavy atom. The molecule has 20 heavy (non-hydrogen) atoms. The van der Waals surface area contributed by atoms with Crippen molar-refractivity contribution in [2.75, 3.05) is 7.11 Å². The number of carbonyl (C=O) groups excluding carboxylic acids is 3. The molecule has 0 aliphatic rings. The number of esters is 1. The highest BCUT2D eigenvalue weighted by Crippen LogP contribution is 2.27. The topological polar surface area (TPSA) is 60.4 Å². The standard InChI is InChI=1S/C16H18O4/c1-5-13(17)10-16(2,3)12-8-6-11(7-9-12)14(18)15(19)20-4/h5-9H,1,10H2,2-4H3. The summed E-state index contributed by atoms with van der Waals surface area (Å²) >= 11 is 0. The first-order chi connectivity index (χ1) is 9.31. The van der Waals surface area contributed by atoms with Gasteiger partial charge >= 0.3 is 5.97 Å². The molecule has 1 aromatic carbocycles. The normalized spacial score (nSPS) is 10.8. The second kappa shape index (κ2) is 6.28. The van der Waals surface area contributed by atoms with Crippen LogP contribution < -0.4 is 0 Å². The van der Waals surface area contributed by atoms with Gasteiger partial charge in [0.25, 0.3) is 5.78 Å². The molecule has 0 spiro atoms. The van der Waals surface area contributed by atoms with Gasteiger partial charge in [-0.3, -0.25) is 9.59 Å². The van der Waals surface area contributed by atoms with Crippen LogP contribution in [0.1, 0.15) is 36.2 Å². The van der Waals surface area contributed by atoms with Gasteiger partial charge in [-0.2, -0.15) is 0 Å². The molecule has 0 heterocycles. The van der Waals surface area contributed by atoms with Gasteiger partial charge in [-0.05, 0) is 17.1 Å². The quantitative estimate of drug-likeness (QED) is 0.346. The molecule has 0 aliphatic heterocycles. The molecule has 0 unspecified atom stereocenters. The molecule has 0 N–H and O–H groups in total. The summed E-state index contributed by atoms with van der Waals surface area (Å²) in [7, 11) is 1.17. The number of hydrogen-bond acceptors (Lipinski definition) is 4. The Labute approximate surface area is 118 Å². The van der Waals surface area contributed by atoms with Gasteiger partial charge in [0.05, 0.1) is 7.11 Å². The van der Waals surface area contributed by atoms with Crippen LogP contribution in [0, 0.1) is 0 Å². The zero-order valence-corrected chi connectivity index (χ0v) is 11.9. The molecule has 0 saturated carbocycles. The van der Waals surface area contributed by atoms with E-state index >= 15 is 0 Å². The van der Waals surface area contributed by atoms with E-state index in [-0.39, 0.29) is 16.8 Å². The molecule has 1 aromatic rings. The number of benzene rings is 1. The number of ether oxygens (including phenoxy) is 1. The lowest BCUT2D eigenvalue weighted by molar-refractivity contribution is -0.135. The summed E-state index contributed by atoms with van der Waals surface area (Å²) in [5.74, 6) is -1.61. The van der Waals surface area contributed by atoms with Crippen LogP contribution in [0.2, 0.25) is 0 Å². The monoisotopic (exact) mass is 274 g/mol. The first-order valence-electron chi connectivity index (χ1n) is 6.20. The summed E-state index contributed by atoms with van der Waals surface area (Å²) in [5, 5.41) is 0. The van der Waals surface area contributed by atoms with E-state index in [4.69, 9.17) is 0 Å². The largest absolute Gasteiger partial charge is 0.463 e. The number of carbonyl (C=O) groups is 3. The number of ketones is 2. The van der Waals surface area contributed by atoms with Gasteiger partial charge in [-0.25, -0.2) is 4.79 Å². The van der Waals surface area contributed by atoms with E-state index in [1.165, 1.54) is 13.2 Å². The average Bonchev–Trinajstić information content (AvgIpc) is 2.45. The van der Waals surface area contributed by atoms with Gasteiger partial charge < -0.3 is 4.74 Å². The third-order valence-corrected chi connectivity index (χ3v) is 3.14. The van der Waals surface area contributed by atoms with Gasteiger partial charge in [0, 0.05) is 12.0 Å². The molecular weight excluding hydrogens is 256 g/mol. The fourth-order valence-corrected chi connectivity index (χ4v) is 1.89. The van der Waals surface area contributed by atoms with Gasteiger partial charge in [0.2, 0.25) is 0 Å². The van der Waals surface area contributed by atoms with Crippen LogP contribution in [0.25, 0.3) is 0 Å². The van der Waals surface area contributed by atoms with Gasteiger partial charge in [-0.1, -0.05) is 44.7 Å². The number of hydrogen-bond donors (Lipinski definition) is 0. The minimum atomic E-state index is -0.890. The maximum absolute atomic E-state index is 11.6. The predicted octanol–water partition coefficient (Wildman–Crippen LogP) is 2.47. The third-order valence-electron chi connectivity index (χ3n) is 3.14. The maximum atomic E-state index is 11.6. The highest BCUT2D eigenvalue weighted by Gasteiger charge is 2.24. The predicted molar refractivity (Wildman–Crippen MR) is 75.6 cm³/mol. The Morgan fingerprint density at radius 3 is 2.20 bits per heavy atom. The smallest absolute Gasteiger partial charge is 0.379 e. The zero-order chi connectivity index (χ0) is 15.3. The third kappa shape index (κ3) is 3.63. The van der Waals surface area contributed by atoms with Gasteiger partial charge in [-0.15, -0.1) is 0 Å². The van der Waals surface area contributed by atoms with Crippen LogP contribution >= 0.6 is 0 Å². The Morgan fingerprint density at radius 2 is 1.75 bits per heavy atom. The molecule has 0 saturated heterocycles. The lowest BCUT2D eigenvalue weighted by atomic mass is 9.80. The summed E-state index contributed by atoms with van der Waals surface area (Å²) in [4.78, 5) is 34.2. The van der Waals surface area contributed by atoms with Crippen LogP contribution in [0.5, 0.6) is 0 Å². The molecule has 106 valence electrons. The van der Waals surface area contributed by atoms with Crippen molar-refractivity contribution in [1.29, 1.82) is 0 Å². The SMILES string of the molecule is C=CC(=O)CC(C)(C)c1ccc(C(=O)C(=O)OC)cc1. The van der Waals surface area contributed by atoms with E-state index in [1.54, 1.807) is 24.3 Å². The fraction of sp³-hybridized carbons (Fsp3) is 0.312. The molecule has 4 nitrogen and oxygen atoms in total. The van der Waals surface area contributed by atoms with Crippen LogP contribution in [0.3, 0.4) is 0 Å². The van der Waals surface area contributed by atoms with Crippen molar-refractivity contribution >= 4 is 17.5 Å². The van der Waals surface area contributed by atoms with Crippen LogP contribution in [0.4, 0.5) is 0 Å². The summed E-state index contributed by atoms with van der Waals surface area (Å²) in [5.41, 5.74) is 0.818. The minimum Gasteiger partial charge on any atom is -0.463 e. The van der Waals surface area contributed by atoms with Crippen molar-refractivity contribution in [2.45, 2.75) is 25.7 Å². The number of rotatable bonds is 6. The number of Topliss-reactive ketones (excluding diaryl/α,β-unsaturated/α-hetero) is 1. The lowest BCUT2D eigenvalue weighted by Crippen LogP contribution is -2.21. The van der Waals surface area contributed by atoms with E-state index in [0.717, 1.165) is 5.56 Å². The molecule has 1 rings (SSSR count). The molecular formula is C16H18O4. The first kappa shape index (κ1) is 15.8. The molecule has 0 radical (unpaired) electrons. The van der Waals surface area contributed by atoms with E-state index in [2.05, 4.69) is 11.3 Å². The van der Waals surface area contributed by atoms with Crippen molar-refractivity contribution in [3.8, 4) is 0 Å². The van der Waals surface area contributed by atoms with Crippen molar-refractivity contribution in [2.24, 2.45) is 0 Å². The minimum absolute atomic E-state index is 0.0373. The van der Waals surface area contributed by atoms with E-state index in [1.807, 2.05) is 13.8 Å². The van der Waals surface area contributed by atoms with Crippen molar-refractivity contribution in [3.05, 3.63) is 48.0 Å². The van der Waals surface area contributed by atoms with Gasteiger partial charge in [0.15, 0.2) is 5.78 Å².